The maximum absolute atomic E-state index is 11.9. The molecular weight excluding hydrogens is 288 g/mol. The van der Waals surface area contributed by atoms with Crippen molar-refractivity contribution in [1.29, 1.82) is 0 Å². The molecule has 118 valence electrons. The minimum absolute atomic E-state index is 0.0173. The van der Waals surface area contributed by atoms with Crippen LogP contribution in [-0.2, 0) is 10.0 Å². The molecule has 2 atom stereocenters. The Labute approximate surface area is 126 Å². The van der Waals surface area contributed by atoms with Crippen molar-refractivity contribution in [2.75, 3.05) is 6.54 Å². The summed E-state index contributed by atoms with van der Waals surface area (Å²) in [4.78, 5) is 0.252. The number of benzene rings is 1. The lowest BCUT2D eigenvalue weighted by Gasteiger charge is -2.23. The largest absolute Gasteiger partial charge is 0.489 e. The van der Waals surface area contributed by atoms with Gasteiger partial charge in [-0.25, -0.2) is 13.1 Å². The van der Waals surface area contributed by atoms with Gasteiger partial charge in [-0.05, 0) is 43.5 Å². The normalized spacial score (nSPS) is 23.5. The van der Waals surface area contributed by atoms with Gasteiger partial charge in [0.15, 0.2) is 0 Å². The maximum atomic E-state index is 11.9. The van der Waals surface area contributed by atoms with Crippen LogP contribution in [0.25, 0.3) is 0 Å². The van der Waals surface area contributed by atoms with Crippen molar-refractivity contribution in [1.82, 2.24) is 4.72 Å². The van der Waals surface area contributed by atoms with Crippen LogP contribution in [-0.4, -0.2) is 27.1 Å². The summed E-state index contributed by atoms with van der Waals surface area (Å²) in [5.74, 6) is 0.674. The van der Waals surface area contributed by atoms with E-state index < -0.39 is 10.0 Å². The highest BCUT2D eigenvalue weighted by Crippen LogP contribution is 2.23. The highest BCUT2D eigenvalue weighted by atomic mass is 32.2. The molecule has 0 amide bonds. The second-order valence-corrected chi connectivity index (χ2v) is 7.20. The zero-order valence-corrected chi connectivity index (χ0v) is 13.2. The fraction of sp³-hybridized carbons (Fsp3) is 0.600. The van der Waals surface area contributed by atoms with E-state index in [0.29, 0.717) is 12.3 Å². The predicted octanol–water partition coefficient (Wildman–Crippen LogP) is 2.02. The zero-order valence-electron chi connectivity index (χ0n) is 12.4. The summed E-state index contributed by atoms with van der Waals surface area (Å²) in [5.41, 5.74) is 6.13. The second kappa shape index (κ2) is 7.24. The Balaban J connectivity index is 2.05. The molecule has 0 spiro atoms. The average Bonchev–Trinajstić information content (AvgIpc) is 2.65. The van der Waals surface area contributed by atoms with E-state index in [1.54, 1.807) is 31.2 Å². The van der Waals surface area contributed by atoms with E-state index in [4.69, 9.17) is 10.5 Å². The first kappa shape index (κ1) is 16.3. The predicted molar refractivity (Wildman–Crippen MR) is 82.8 cm³/mol. The highest BCUT2D eigenvalue weighted by molar-refractivity contribution is 7.89. The van der Waals surface area contributed by atoms with E-state index in [2.05, 4.69) is 4.72 Å². The minimum Gasteiger partial charge on any atom is -0.489 e. The molecule has 0 bridgehead atoms. The molecule has 0 aliphatic heterocycles. The molecule has 0 aromatic heterocycles. The fourth-order valence-corrected chi connectivity index (χ4v) is 3.64. The number of ether oxygens (including phenoxy) is 1. The van der Waals surface area contributed by atoms with Gasteiger partial charge in [0.1, 0.15) is 11.9 Å². The van der Waals surface area contributed by atoms with Crippen LogP contribution in [0.4, 0.5) is 0 Å². The molecule has 6 heteroatoms. The Morgan fingerprint density at radius 2 is 1.86 bits per heavy atom. The van der Waals surface area contributed by atoms with Gasteiger partial charge in [-0.15, -0.1) is 0 Å². The van der Waals surface area contributed by atoms with Crippen LogP contribution >= 0.6 is 0 Å². The van der Waals surface area contributed by atoms with Crippen molar-refractivity contribution < 1.29 is 13.2 Å². The van der Waals surface area contributed by atoms with Gasteiger partial charge in [0.25, 0.3) is 0 Å². The Morgan fingerprint density at radius 1 is 1.19 bits per heavy atom. The molecule has 1 fully saturated rings. The molecule has 21 heavy (non-hydrogen) atoms. The minimum atomic E-state index is -3.41. The molecular formula is C15H24N2O3S. The number of sulfonamides is 1. The van der Waals surface area contributed by atoms with E-state index in [0.717, 1.165) is 25.7 Å². The molecule has 2 unspecified atom stereocenters. The molecule has 0 saturated heterocycles. The Morgan fingerprint density at radius 3 is 2.52 bits per heavy atom. The van der Waals surface area contributed by atoms with Crippen LogP contribution < -0.4 is 15.2 Å². The monoisotopic (exact) mass is 312 g/mol. The SMILES string of the molecule is CCNS(=O)(=O)c1ccc(OC2CCCCCC2N)cc1. The molecule has 1 saturated carbocycles. The molecule has 5 nitrogen and oxygen atoms in total. The van der Waals surface area contributed by atoms with E-state index in [1.807, 2.05) is 0 Å². The summed E-state index contributed by atoms with van der Waals surface area (Å²) in [6.07, 6.45) is 5.44. The number of nitrogens with one attached hydrogen (secondary N) is 1. The molecule has 0 radical (unpaired) electrons. The van der Waals surface area contributed by atoms with Crippen LogP contribution in [0.2, 0.25) is 0 Å². The summed E-state index contributed by atoms with van der Waals surface area (Å²) >= 11 is 0. The van der Waals surface area contributed by atoms with E-state index >= 15 is 0 Å². The van der Waals surface area contributed by atoms with Gasteiger partial charge in [-0.2, -0.15) is 0 Å². The molecule has 0 heterocycles. The lowest BCUT2D eigenvalue weighted by atomic mass is 10.1. The summed E-state index contributed by atoms with van der Waals surface area (Å²) in [7, 11) is -3.41. The van der Waals surface area contributed by atoms with Crippen molar-refractivity contribution >= 4 is 10.0 Å². The summed E-state index contributed by atoms with van der Waals surface area (Å²) in [5, 5.41) is 0. The molecule has 1 aliphatic rings. The van der Waals surface area contributed by atoms with Crippen molar-refractivity contribution in [2.24, 2.45) is 5.73 Å². The summed E-state index contributed by atoms with van der Waals surface area (Å²) in [6.45, 7) is 2.12. The third-order valence-corrected chi connectivity index (χ3v) is 5.32. The van der Waals surface area contributed by atoms with Gasteiger partial charge < -0.3 is 10.5 Å². The Hall–Kier alpha value is -1.11. The number of hydrogen-bond acceptors (Lipinski definition) is 4. The standard InChI is InChI=1S/C15H24N2O3S/c1-2-17-21(18,19)13-10-8-12(9-11-13)20-15-7-5-3-4-6-14(15)16/h8-11,14-15,17H,2-7,16H2,1H3. The van der Waals surface area contributed by atoms with Crippen LogP contribution in [0.5, 0.6) is 5.75 Å². The first-order valence-corrected chi connectivity index (χ1v) is 9.03. The number of hydrogen-bond donors (Lipinski definition) is 2. The van der Waals surface area contributed by atoms with Crippen molar-refractivity contribution in [3.8, 4) is 5.75 Å². The molecule has 1 aromatic rings. The van der Waals surface area contributed by atoms with E-state index in [1.165, 1.54) is 6.42 Å². The summed E-state index contributed by atoms with van der Waals surface area (Å²) in [6, 6.07) is 6.58. The molecule has 1 aliphatic carbocycles. The maximum Gasteiger partial charge on any atom is 0.240 e. The molecule has 1 aromatic carbocycles. The third kappa shape index (κ3) is 4.43. The Kier molecular flexibility index (Phi) is 5.61. The van der Waals surface area contributed by atoms with Crippen LogP contribution in [0, 0.1) is 0 Å². The first-order chi connectivity index (χ1) is 10.0. The second-order valence-electron chi connectivity index (χ2n) is 5.43. The van der Waals surface area contributed by atoms with Gasteiger partial charge in [-0.3, -0.25) is 0 Å². The van der Waals surface area contributed by atoms with E-state index in [9.17, 15) is 8.42 Å². The lowest BCUT2D eigenvalue weighted by Crippen LogP contribution is -2.37. The summed E-state index contributed by atoms with van der Waals surface area (Å²) < 4.78 is 32.1. The third-order valence-electron chi connectivity index (χ3n) is 3.76. The van der Waals surface area contributed by atoms with Crippen molar-refractivity contribution in [2.45, 2.75) is 56.1 Å². The van der Waals surface area contributed by atoms with Crippen molar-refractivity contribution in [3.05, 3.63) is 24.3 Å². The zero-order chi connectivity index (χ0) is 15.3. The number of nitrogens with two attached hydrogens (primary N) is 1. The van der Waals surface area contributed by atoms with Crippen LogP contribution in [0.15, 0.2) is 29.2 Å². The Bertz CT molecular complexity index is 543. The fourth-order valence-electron chi connectivity index (χ4n) is 2.59. The first-order valence-electron chi connectivity index (χ1n) is 7.55. The topological polar surface area (TPSA) is 81.4 Å². The van der Waals surface area contributed by atoms with Gasteiger partial charge in [-0.1, -0.05) is 19.8 Å². The molecule has 2 rings (SSSR count). The van der Waals surface area contributed by atoms with Crippen molar-refractivity contribution in [3.63, 3.8) is 0 Å². The van der Waals surface area contributed by atoms with Gasteiger partial charge in [0, 0.05) is 12.6 Å². The van der Waals surface area contributed by atoms with Gasteiger partial charge in [0.05, 0.1) is 4.90 Å². The van der Waals surface area contributed by atoms with Gasteiger partial charge in [0.2, 0.25) is 10.0 Å². The number of rotatable bonds is 5. The van der Waals surface area contributed by atoms with Crippen LogP contribution in [0.1, 0.15) is 39.0 Å². The lowest BCUT2D eigenvalue weighted by molar-refractivity contribution is 0.162. The smallest absolute Gasteiger partial charge is 0.240 e. The highest BCUT2D eigenvalue weighted by Gasteiger charge is 2.22. The van der Waals surface area contributed by atoms with Crippen LogP contribution in [0.3, 0.4) is 0 Å². The average molecular weight is 312 g/mol. The quantitative estimate of drug-likeness (QED) is 0.815. The van der Waals surface area contributed by atoms with Gasteiger partial charge >= 0.3 is 0 Å². The molecule has 3 N–H and O–H groups in total. The van der Waals surface area contributed by atoms with E-state index in [-0.39, 0.29) is 17.0 Å².